The van der Waals surface area contributed by atoms with Crippen LogP contribution in [0.3, 0.4) is 0 Å². The van der Waals surface area contributed by atoms with Gasteiger partial charge in [0.15, 0.2) is 0 Å². The van der Waals surface area contributed by atoms with E-state index in [9.17, 15) is 0 Å². The summed E-state index contributed by atoms with van der Waals surface area (Å²) in [6, 6.07) is 10.2. The van der Waals surface area contributed by atoms with E-state index in [0.717, 1.165) is 13.1 Å². The summed E-state index contributed by atoms with van der Waals surface area (Å²) in [5.74, 6) is 0. The van der Waals surface area contributed by atoms with Crippen molar-refractivity contribution in [1.29, 1.82) is 0 Å². The van der Waals surface area contributed by atoms with Gasteiger partial charge in [-0.05, 0) is 50.8 Å². The van der Waals surface area contributed by atoms with E-state index < -0.39 is 0 Å². The standard InChI is InChI=1S/C17H28N2/c1-4-14(2)18-12-15(3)19-11-7-10-16-8-5-6-9-17(16)13-19/h5-6,8-9,14-15,18H,4,7,10-13H2,1-3H3. The van der Waals surface area contributed by atoms with Crippen molar-refractivity contribution < 1.29 is 0 Å². The molecule has 1 aromatic rings. The van der Waals surface area contributed by atoms with E-state index in [1.807, 2.05) is 0 Å². The van der Waals surface area contributed by atoms with E-state index in [2.05, 4.69) is 55.3 Å². The molecule has 0 radical (unpaired) electrons. The van der Waals surface area contributed by atoms with Crippen LogP contribution in [0.15, 0.2) is 24.3 Å². The minimum atomic E-state index is 0.611. The van der Waals surface area contributed by atoms with Gasteiger partial charge in [-0.25, -0.2) is 0 Å². The van der Waals surface area contributed by atoms with Crippen LogP contribution < -0.4 is 5.32 Å². The van der Waals surface area contributed by atoms with Crippen molar-refractivity contribution in [3.8, 4) is 0 Å². The molecule has 0 bridgehead atoms. The first kappa shape index (κ1) is 14.5. The number of hydrogen-bond acceptors (Lipinski definition) is 2. The largest absolute Gasteiger partial charge is 0.313 e. The molecule has 1 heterocycles. The molecule has 2 nitrogen and oxygen atoms in total. The van der Waals surface area contributed by atoms with Gasteiger partial charge in [0.05, 0.1) is 0 Å². The van der Waals surface area contributed by atoms with Crippen LogP contribution in [0.2, 0.25) is 0 Å². The lowest BCUT2D eigenvalue weighted by Crippen LogP contribution is -2.42. The summed E-state index contributed by atoms with van der Waals surface area (Å²) in [6.07, 6.45) is 3.72. The smallest absolute Gasteiger partial charge is 0.0239 e. The number of benzene rings is 1. The van der Waals surface area contributed by atoms with Crippen LogP contribution in [-0.2, 0) is 13.0 Å². The Labute approximate surface area is 118 Å². The Bertz CT molecular complexity index is 389. The van der Waals surface area contributed by atoms with Crippen molar-refractivity contribution in [2.75, 3.05) is 13.1 Å². The summed E-state index contributed by atoms with van der Waals surface area (Å²) in [5.41, 5.74) is 3.07. The quantitative estimate of drug-likeness (QED) is 0.874. The number of nitrogens with zero attached hydrogens (tertiary/aromatic N) is 1. The zero-order chi connectivity index (χ0) is 13.7. The van der Waals surface area contributed by atoms with Crippen molar-refractivity contribution in [2.45, 2.75) is 58.7 Å². The second-order valence-electron chi connectivity index (χ2n) is 5.91. The first-order valence-electron chi connectivity index (χ1n) is 7.75. The molecule has 1 aromatic carbocycles. The lowest BCUT2D eigenvalue weighted by Gasteiger charge is -2.29. The van der Waals surface area contributed by atoms with Crippen LogP contribution in [0, 0.1) is 0 Å². The van der Waals surface area contributed by atoms with Crippen molar-refractivity contribution in [2.24, 2.45) is 0 Å². The summed E-state index contributed by atoms with van der Waals surface area (Å²) >= 11 is 0. The molecule has 1 aliphatic rings. The first-order valence-corrected chi connectivity index (χ1v) is 7.75. The van der Waals surface area contributed by atoms with E-state index >= 15 is 0 Å². The fraction of sp³-hybridized carbons (Fsp3) is 0.647. The van der Waals surface area contributed by atoms with Crippen molar-refractivity contribution in [3.05, 3.63) is 35.4 Å². The molecule has 0 saturated heterocycles. The van der Waals surface area contributed by atoms with Crippen LogP contribution >= 0.6 is 0 Å². The molecule has 106 valence electrons. The molecule has 1 N–H and O–H groups in total. The zero-order valence-electron chi connectivity index (χ0n) is 12.7. The van der Waals surface area contributed by atoms with Gasteiger partial charge in [0.25, 0.3) is 0 Å². The molecule has 0 amide bonds. The van der Waals surface area contributed by atoms with E-state index in [4.69, 9.17) is 0 Å². The number of hydrogen-bond donors (Lipinski definition) is 1. The Hall–Kier alpha value is -0.860. The third kappa shape index (κ3) is 4.05. The predicted octanol–water partition coefficient (Wildman–Crippen LogP) is 3.21. The van der Waals surface area contributed by atoms with Gasteiger partial charge in [-0.1, -0.05) is 31.2 Å². The fourth-order valence-corrected chi connectivity index (χ4v) is 2.75. The normalized spacial score (nSPS) is 19.5. The predicted molar refractivity (Wildman–Crippen MR) is 82.4 cm³/mol. The summed E-state index contributed by atoms with van der Waals surface area (Å²) in [6.45, 7) is 10.3. The average Bonchev–Trinajstić information content (AvgIpc) is 2.66. The van der Waals surface area contributed by atoms with Gasteiger partial charge in [0, 0.05) is 25.2 Å². The van der Waals surface area contributed by atoms with Crippen LogP contribution in [0.5, 0.6) is 0 Å². The highest BCUT2D eigenvalue weighted by atomic mass is 15.2. The Kier molecular flexibility index (Phi) is 5.41. The maximum absolute atomic E-state index is 3.63. The molecule has 2 unspecified atom stereocenters. The SMILES string of the molecule is CCC(C)NCC(C)N1CCCc2ccccc2C1. The van der Waals surface area contributed by atoms with Gasteiger partial charge in [0.1, 0.15) is 0 Å². The number of nitrogens with one attached hydrogen (secondary N) is 1. The van der Waals surface area contributed by atoms with Crippen molar-refractivity contribution in [3.63, 3.8) is 0 Å². The van der Waals surface area contributed by atoms with E-state index in [1.54, 1.807) is 5.56 Å². The van der Waals surface area contributed by atoms with E-state index in [-0.39, 0.29) is 0 Å². The van der Waals surface area contributed by atoms with Crippen LogP contribution in [0.1, 0.15) is 44.7 Å². The fourth-order valence-electron chi connectivity index (χ4n) is 2.75. The molecule has 1 aliphatic heterocycles. The molecule has 2 heteroatoms. The van der Waals surface area contributed by atoms with Crippen LogP contribution in [0.25, 0.3) is 0 Å². The van der Waals surface area contributed by atoms with Crippen LogP contribution in [0.4, 0.5) is 0 Å². The first-order chi connectivity index (χ1) is 9.20. The summed E-state index contributed by atoms with van der Waals surface area (Å²) in [7, 11) is 0. The Morgan fingerprint density at radius 2 is 1.95 bits per heavy atom. The highest BCUT2D eigenvalue weighted by Crippen LogP contribution is 2.19. The molecule has 2 rings (SSSR count). The summed E-state index contributed by atoms with van der Waals surface area (Å²) in [4.78, 5) is 2.63. The molecule has 0 saturated carbocycles. The number of aryl methyl sites for hydroxylation is 1. The van der Waals surface area contributed by atoms with E-state index in [1.165, 1.54) is 31.4 Å². The number of rotatable bonds is 5. The molecule has 2 atom stereocenters. The van der Waals surface area contributed by atoms with Gasteiger partial charge >= 0.3 is 0 Å². The van der Waals surface area contributed by atoms with Gasteiger partial charge in [0.2, 0.25) is 0 Å². The molecular formula is C17H28N2. The average molecular weight is 260 g/mol. The minimum Gasteiger partial charge on any atom is -0.313 e. The Morgan fingerprint density at radius 3 is 2.68 bits per heavy atom. The maximum Gasteiger partial charge on any atom is 0.0239 e. The second kappa shape index (κ2) is 7.06. The molecule has 19 heavy (non-hydrogen) atoms. The summed E-state index contributed by atoms with van der Waals surface area (Å²) < 4.78 is 0. The van der Waals surface area contributed by atoms with Crippen molar-refractivity contribution in [1.82, 2.24) is 10.2 Å². The topological polar surface area (TPSA) is 15.3 Å². The molecule has 0 aromatic heterocycles. The maximum atomic E-state index is 3.63. The lowest BCUT2D eigenvalue weighted by molar-refractivity contribution is 0.195. The molecular weight excluding hydrogens is 232 g/mol. The third-order valence-electron chi connectivity index (χ3n) is 4.38. The third-order valence-corrected chi connectivity index (χ3v) is 4.38. The minimum absolute atomic E-state index is 0.611. The highest BCUT2D eigenvalue weighted by molar-refractivity contribution is 5.28. The molecule has 0 fully saturated rings. The monoisotopic (exact) mass is 260 g/mol. The Balaban J connectivity index is 1.94. The lowest BCUT2D eigenvalue weighted by atomic mass is 10.0. The summed E-state index contributed by atoms with van der Waals surface area (Å²) in [5, 5.41) is 3.63. The number of fused-ring (bicyclic) bond motifs is 1. The highest BCUT2D eigenvalue weighted by Gasteiger charge is 2.18. The van der Waals surface area contributed by atoms with Gasteiger partial charge in [-0.3, -0.25) is 4.90 Å². The zero-order valence-corrected chi connectivity index (χ0v) is 12.7. The second-order valence-corrected chi connectivity index (χ2v) is 5.91. The van der Waals surface area contributed by atoms with Gasteiger partial charge < -0.3 is 5.32 Å². The van der Waals surface area contributed by atoms with Crippen LogP contribution in [-0.4, -0.2) is 30.1 Å². The Morgan fingerprint density at radius 1 is 1.21 bits per heavy atom. The van der Waals surface area contributed by atoms with Crippen molar-refractivity contribution >= 4 is 0 Å². The van der Waals surface area contributed by atoms with Gasteiger partial charge in [-0.15, -0.1) is 0 Å². The van der Waals surface area contributed by atoms with Gasteiger partial charge in [-0.2, -0.15) is 0 Å². The molecule has 0 aliphatic carbocycles. The van der Waals surface area contributed by atoms with E-state index in [0.29, 0.717) is 12.1 Å². The molecule has 0 spiro atoms.